The molecule has 0 aliphatic heterocycles. The minimum absolute atomic E-state index is 0.192. The Bertz CT molecular complexity index is 595. The molecular weight excluding hydrogens is 298 g/mol. The van der Waals surface area contributed by atoms with Crippen LogP contribution in [0.3, 0.4) is 0 Å². The molecule has 0 aliphatic carbocycles. The van der Waals surface area contributed by atoms with Gasteiger partial charge in [-0.05, 0) is 25.1 Å². The third-order valence-electron chi connectivity index (χ3n) is 2.49. The Morgan fingerprint density at radius 1 is 1.44 bits per heavy atom. The van der Waals surface area contributed by atoms with Gasteiger partial charge in [-0.25, -0.2) is 0 Å². The quantitative estimate of drug-likeness (QED) is 0.865. The van der Waals surface area contributed by atoms with E-state index in [4.69, 9.17) is 10.3 Å². The van der Waals surface area contributed by atoms with Crippen LogP contribution in [0.25, 0.3) is 0 Å². The van der Waals surface area contributed by atoms with Gasteiger partial charge < -0.3 is 15.2 Å². The Hall–Kier alpha value is -1.82. The van der Waals surface area contributed by atoms with Crippen LogP contribution in [0, 0.1) is 6.92 Å². The molecule has 1 aromatic heterocycles. The van der Waals surface area contributed by atoms with E-state index in [2.05, 4.69) is 21.1 Å². The zero-order chi connectivity index (χ0) is 13.3. The minimum atomic E-state index is -0.287. The van der Waals surface area contributed by atoms with E-state index < -0.39 is 0 Å². The Morgan fingerprint density at radius 2 is 2.17 bits per heavy atom. The summed E-state index contributed by atoms with van der Waals surface area (Å²) in [7, 11) is 1.64. The number of halogens is 1. The number of aromatic nitrogens is 1. The van der Waals surface area contributed by atoms with Crippen molar-refractivity contribution < 1.29 is 9.32 Å². The van der Waals surface area contributed by atoms with Crippen molar-refractivity contribution >= 4 is 33.2 Å². The van der Waals surface area contributed by atoms with Crippen molar-refractivity contribution in [3.05, 3.63) is 40.2 Å². The summed E-state index contributed by atoms with van der Waals surface area (Å²) in [6.07, 6.45) is 0. The number of carbonyl (C=O) groups excluding carboxylic acids is 1. The van der Waals surface area contributed by atoms with Gasteiger partial charge in [-0.2, -0.15) is 0 Å². The fourth-order valence-electron chi connectivity index (χ4n) is 1.57. The summed E-state index contributed by atoms with van der Waals surface area (Å²) in [6, 6.07) is 6.92. The highest BCUT2D eigenvalue weighted by Gasteiger charge is 2.19. The number of amides is 1. The number of rotatable bonds is 2. The lowest BCUT2D eigenvalue weighted by molar-refractivity contribution is 0.0957. The van der Waals surface area contributed by atoms with Gasteiger partial charge >= 0.3 is 0 Å². The van der Waals surface area contributed by atoms with Gasteiger partial charge in [0.05, 0.1) is 17.1 Å². The van der Waals surface area contributed by atoms with Crippen LogP contribution in [0.4, 0.5) is 11.4 Å². The van der Waals surface area contributed by atoms with E-state index in [1.165, 1.54) is 4.90 Å². The highest BCUT2D eigenvalue weighted by Crippen LogP contribution is 2.26. The molecule has 0 aliphatic rings. The van der Waals surface area contributed by atoms with Crippen molar-refractivity contribution in [2.24, 2.45) is 0 Å². The van der Waals surface area contributed by atoms with Gasteiger partial charge in [0.1, 0.15) is 0 Å². The van der Waals surface area contributed by atoms with E-state index in [-0.39, 0.29) is 11.7 Å². The summed E-state index contributed by atoms with van der Waals surface area (Å²) in [5.74, 6) is -0.0954. The monoisotopic (exact) mass is 309 g/mol. The molecule has 5 nitrogen and oxygen atoms in total. The van der Waals surface area contributed by atoms with Gasteiger partial charge in [0.2, 0.25) is 5.76 Å². The summed E-state index contributed by atoms with van der Waals surface area (Å²) in [4.78, 5) is 13.6. The number of anilines is 2. The standard InChI is InChI=1S/C12H12BrN3O2/c1-7-5-11(18-15-7)12(17)16(2)10-4-3-8(13)6-9(10)14/h3-6H,14H2,1-2H3. The first-order chi connectivity index (χ1) is 8.49. The highest BCUT2D eigenvalue weighted by molar-refractivity contribution is 9.10. The molecular formula is C12H12BrN3O2. The molecule has 1 aromatic carbocycles. The maximum atomic E-state index is 12.1. The fourth-order valence-corrected chi connectivity index (χ4v) is 1.95. The van der Waals surface area contributed by atoms with E-state index in [0.29, 0.717) is 17.1 Å². The largest absolute Gasteiger partial charge is 0.397 e. The van der Waals surface area contributed by atoms with Crippen LogP contribution in [0.15, 0.2) is 33.3 Å². The van der Waals surface area contributed by atoms with Crippen LogP contribution in [0.5, 0.6) is 0 Å². The van der Waals surface area contributed by atoms with Crippen LogP contribution in [0.1, 0.15) is 16.2 Å². The van der Waals surface area contributed by atoms with Crippen molar-refractivity contribution in [2.45, 2.75) is 6.92 Å². The molecule has 0 fully saturated rings. The van der Waals surface area contributed by atoms with E-state index in [1.54, 1.807) is 32.2 Å². The first-order valence-electron chi connectivity index (χ1n) is 5.25. The lowest BCUT2D eigenvalue weighted by Crippen LogP contribution is -2.26. The van der Waals surface area contributed by atoms with Crippen LogP contribution >= 0.6 is 15.9 Å². The van der Waals surface area contributed by atoms with Crippen LogP contribution < -0.4 is 10.6 Å². The smallest absolute Gasteiger partial charge is 0.296 e. The molecule has 94 valence electrons. The number of nitrogens with zero attached hydrogens (tertiary/aromatic N) is 2. The van der Waals surface area contributed by atoms with E-state index in [1.807, 2.05) is 6.07 Å². The molecule has 0 bridgehead atoms. The van der Waals surface area contributed by atoms with E-state index in [9.17, 15) is 4.79 Å². The lowest BCUT2D eigenvalue weighted by Gasteiger charge is -2.17. The predicted octanol–water partition coefficient (Wildman–Crippen LogP) is 2.60. The van der Waals surface area contributed by atoms with Gasteiger partial charge in [0.25, 0.3) is 5.91 Å². The Balaban J connectivity index is 2.31. The molecule has 1 heterocycles. The number of hydrogen-bond acceptors (Lipinski definition) is 4. The highest BCUT2D eigenvalue weighted by atomic mass is 79.9. The van der Waals surface area contributed by atoms with Crippen molar-refractivity contribution in [1.82, 2.24) is 5.16 Å². The maximum absolute atomic E-state index is 12.1. The normalized spacial score (nSPS) is 10.4. The molecule has 1 amide bonds. The third-order valence-corrected chi connectivity index (χ3v) is 2.99. The van der Waals surface area contributed by atoms with Gasteiger partial charge in [0.15, 0.2) is 0 Å². The summed E-state index contributed by atoms with van der Waals surface area (Å²) >= 11 is 3.32. The number of aryl methyl sites for hydroxylation is 1. The maximum Gasteiger partial charge on any atom is 0.296 e. The molecule has 0 unspecified atom stereocenters. The van der Waals surface area contributed by atoms with Crippen LogP contribution in [-0.4, -0.2) is 18.1 Å². The number of nitrogen functional groups attached to an aromatic ring is 1. The number of benzene rings is 1. The Labute approximate surface area is 113 Å². The van der Waals surface area contributed by atoms with Gasteiger partial charge in [-0.1, -0.05) is 21.1 Å². The molecule has 2 aromatic rings. The molecule has 18 heavy (non-hydrogen) atoms. The molecule has 0 atom stereocenters. The number of hydrogen-bond donors (Lipinski definition) is 1. The first kappa shape index (κ1) is 12.6. The average Bonchev–Trinajstić information content (AvgIpc) is 2.74. The van der Waals surface area contributed by atoms with Crippen molar-refractivity contribution in [3.63, 3.8) is 0 Å². The van der Waals surface area contributed by atoms with E-state index >= 15 is 0 Å². The van der Waals surface area contributed by atoms with Crippen LogP contribution in [0.2, 0.25) is 0 Å². The fraction of sp³-hybridized carbons (Fsp3) is 0.167. The third kappa shape index (κ3) is 2.38. The van der Waals surface area contributed by atoms with Crippen molar-refractivity contribution in [3.8, 4) is 0 Å². The van der Waals surface area contributed by atoms with Gasteiger partial charge in [-0.3, -0.25) is 4.79 Å². The topological polar surface area (TPSA) is 72.4 Å². The number of nitrogens with two attached hydrogens (primary N) is 1. The SMILES string of the molecule is Cc1cc(C(=O)N(C)c2ccc(Br)cc2N)on1. The minimum Gasteiger partial charge on any atom is -0.397 e. The Kier molecular flexibility index (Phi) is 3.38. The summed E-state index contributed by atoms with van der Waals surface area (Å²) < 4.78 is 5.80. The lowest BCUT2D eigenvalue weighted by atomic mass is 10.2. The predicted molar refractivity (Wildman–Crippen MR) is 72.5 cm³/mol. The van der Waals surface area contributed by atoms with Crippen molar-refractivity contribution in [1.29, 1.82) is 0 Å². The molecule has 0 spiro atoms. The summed E-state index contributed by atoms with van der Waals surface area (Å²) in [6.45, 7) is 1.76. The second kappa shape index (κ2) is 4.81. The first-order valence-corrected chi connectivity index (χ1v) is 6.04. The molecule has 6 heteroatoms. The Morgan fingerprint density at radius 3 is 2.72 bits per heavy atom. The van der Waals surface area contributed by atoms with Crippen molar-refractivity contribution in [2.75, 3.05) is 17.7 Å². The molecule has 0 saturated heterocycles. The molecule has 2 N–H and O–H groups in total. The number of carbonyl (C=O) groups is 1. The summed E-state index contributed by atoms with van der Waals surface area (Å²) in [5.41, 5.74) is 7.67. The van der Waals surface area contributed by atoms with Crippen LogP contribution in [-0.2, 0) is 0 Å². The molecule has 2 rings (SSSR count). The molecule has 0 radical (unpaired) electrons. The second-order valence-electron chi connectivity index (χ2n) is 3.90. The summed E-state index contributed by atoms with van der Waals surface area (Å²) in [5, 5.41) is 3.69. The second-order valence-corrected chi connectivity index (χ2v) is 4.82. The molecule has 0 saturated carbocycles. The zero-order valence-electron chi connectivity index (χ0n) is 9.98. The average molecular weight is 310 g/mol. The zero-order valence-corrected chi connectivity index (χ0v) is 11.6. The van der Waals surface area contributed by atoms with Gasteiger partial charge in [-0.15, -0.1) is 0 Å². The van der Waals surface area contributed by atoms with E-state index in [0.717, 1.165) is 4.47 Å². The van der Waals surface area contributed by atoms with Gasteiger partial charge in [0, 0.05) is 17.6 Å².